The number of ether oxygens (including phenoxy) is 1. The molecular weight excluding hydrogens is 374 g/mol. The first-order valence-corrected chi connectivity index (χ1v) is 11.1. The van der Waals surface area contributed by atoms with E-state index >= 15 is 0 Å². The molecule has 5 rings (SSSR count). The Balaban J connectivity index is 1.90. The quantitative estimate of drug-likeness (QED) is 0.339. The second-order valence-corrected chi connectivity index (χ2v) is 8.48. The highest BCUT2D eigenvalue weighted by atomic mass is 32.2. The lowest BCUT2D eigenvalue weighted by Gasteiger charge is -2.20. The van der Waals surface area contributed by atoms with Gasteiger partial charge in [-0.15, -0.1) is 23.1 Å². The highest BCUT2D eigenvalue weighted by molar-refractivity contribution is 7.98. The van der Waals surface area contributed by atoms with E-state index in [0.717, 1.165) is 38.7 Å². The van der Waals surface area contributed by atoms with Crippen molar-refractivity contribution in [2.24, 2.45) is 0 Å². The third-order valence-corrected chi connectivity index (χ3v) is 7.12. The van der Waals surface area contributed by atoms with Crippen LogP contribution in [0.3, 0.4) is 0 Å². The topological polar surface area (TPSA) is 47.9 Å². The van der Waals surface area contributed by atoms with Crippen molar-refractivity contribution in [2.75, 3.05) is 13.4 Å². The van der Waals surface area contributed by atoms with Gasteiger partial charge in [-0.3, -0.25) is 0 Å². The van der Waals surface area contributed by atoms with E-state index in [1.54, 1.807) is 36.5 Å². The van der Waals surface area contributed by atoms with Crippen molar-refractivity contribution >= 4 is 43.5 Å². The van der Waals surface area contributed by atoms with Crippen molar-refractivity contribution in [3.63, 3.8) is 0 Å². The zero-order chi connectivity index (χ0) is 18.4. The molecule has 4 nitrogen and oxygen atoms in total. The van der Waals surface area contributed by atoms with Crippen LogP contribution in [-0.4, -0.2) is 28.3 Å². The van der Waals surface area contributed by atoms with E-state index in [1.165, 1.54) is 40.6 Å². The van der Waals surface area contributed by atoms with Gasteiger partial charge < -0.3 is 4.74 Å². The lowest BCUT2D eigenvalue weighted by molar-refractivity contribution is 0.415. The average Bonchev–Trinajstić information content (AvgIpc) is 3.10. The summed E-state index contributed by atoms with van der Waals surface area (Å²) < 4.78 is 6.50. The Labute approximate surface area is 166 Å². The van der Waals surface area contributed by atoms with Crippen LogP contribution >= 0.6 is 23.1 Å². The standard InChI is InChI=1S/C21H19N3OS2/c1-25-13-9-7-12(8-10-13)16-14-5-3-4-6-15(14)24-20-17(16)18-19(27-20)21(26-2)23-11-22-18/h7-11H,3-6H2,1-2H3. The first kappa shape index (κ1) is 17.0. The molecule has 3 aromatic heterocycles. The second-order valence-electron chi connectivity index (χ2n) is 6.69. The van der Waals surface area contributed by atoms with Gasteiger partial charge >= 0.3 is 0 Å². The van der Waals surface area contributed by atoms with Crippen LogP contribution in [0.2, 0.25) is 0 Å². The minimum Gasteiger partial charge on any atom is -0.497 e. The molecule has 0 unspecified atom stereocenters. The van der Waals surface area contributed by atoms with Crippen LogP contribution in [0.25, 0.3) is 31.6 Å². The molecule has 0 fully saturated rings. The summed E-state index contributed by atoms with van der Waals surface area (Å²) in [6, 6.07) is 8.38. The summed E-state index contributed by atoms with van der Waals surface area (Å²) in [5.74, 6) is 0.875. The molecule has 0 aliphatic heterocycles. The number of thiophene rings is 1. The number of benzene rings is 1. The number of aromatic nitrogens is 3. The van der Waals surface area contributed by atoms with E-state index in [4.69, 9.17) is 9.72 Å². The number of pyridine rings is 1. The minimum absolute atomic E-state index is 0.875. The van der Waals surface area contributed by atoms with Crippen LogP contribution in [0.1, 0.15) is 24.1 Å². The molecule has 0 saturated carbocycles. The monoisotopic (exact) mass is 393 g/mol. The number of hydrogen-bond donors (Lipinski definition) is 0. The summed E-state index contributed by atoms with van der Waals surface area (Å²) in [6.45, 7) is 0. The summed E-state index contributed by atoms with van der Waals surface area (Å²) in [5.41, 5.74) is 6.19. The van der Waals surface area contributed by atoms with Gasteiger partial charge in [0, 0.05) is 11.1 Å². The minimum atomic E-state index is 0.875. The Morgan fingerprint density at radius 1 is 1.07 bits per heavy atom. The fraction of sp³-hybridized carbons (Fsp3) is 0.286. The van der Waals surface area contributed by atoms with Crippen LogP contribution in [0, 0.1) is 0 Å². The molecule has 0 atom stereocenters. The molecule has 0 amide bonds. The summed E-state index contributed by atoms with van der Waals surface area (Å²) in [7, 11) is 1.70. The number of hydrogen-bond acceptors (Lipinski definition) is 6. The molecule has 0 N–H and O–H groups in total. The first-order valence-electron chi connectivity index (χ1n) is 9.07. The fourth-order valence-corrected chi connectivity index (χ4v) is 5.81. The summed E-state index contributed by atoms with van der Waals surface area (Å²) in [5, 5.41) is 2.21. The van der Waals surface area contributed by atoms with Crippen molar-refractivity contribution < 1.29 is 4.74 Å². The van der Waals surface area contributed by atoms with E-state index in [2.05, 4.69) is 28.4 Å². The Hall–Kier alpha value is -2.18. The zero-order valence-electron chi connectivity index (χ0n) is 15.3. The lowest BCUT2D eigenvalue weighted by Crippen LogP contribution is -2.07. The van der Waals surface area contributed by atoms with Crippen molar-refractivity contribution in [1.82, 2.24) is 15.0 Å². The average molecular weight is 394 g/mol. The summed E-state index contributed by atoms with van der Waals surface area (Å²) in [6.07, 6.45) is 8.32. The lowest BCUT2D eigenvalue weighted by atomic mass is 9.87. The SMILES string of the molecule is COc1ccc(-c2c3c(nc4sc5c(SC)ncnc5c24)CCCC3)cc1. The molecule has 4 aromatic rings. The Morgan fingerprint density at radius 3 is 2.67 bits per heavy atom. The van der Waals surface area contributed by atoms with Gasteiger partial charge in [-0.1, -0.05) is 12.1 Å². The molecule has 1 aliphatic rings. The smallest absolute Gasteiger partial charge is 0.127 e. The van der Waals surface area contributed by atoms with E-state index < -0.39 is 0 Å². The van der Waals surface area contributed by atoms with Gasteiger partial charge in [0.1, 0.15) is 21.9 Å². The molecule has 0 radical (unpaired) electrons. The third kappa shape index (κ3) is 2.70. The number of aryl methyl sites for hydroxylation is 1. The van der Waals surface area contributed by atoms with Gasteiger partial charge in [0.2, 0.25) is 0 Å². The molecule has 6 heteroatoms. The third-order valence-electron chi connectivity index (χ3n) is 5.22. The van der Waals surface area contributed by atoms with E-state index in [1.807, 2.05) is 12.1 Å². The van der Waals surface area contributed by atoms with Gasteiger partial charge in [-0.05, 0) is 60.8 Å². The normalized spacial score (nSPS) is 13.9. The summed E-state index contributed by atoms with van der Waals surface area (Å²) in [4.78, 5) is 15.3. The molecule has 1 aliphatic carbocycles. The maximum atomic E-state index is 5.36. The highest BCUT2D eigenvalue weighted by Crippen LogP contribution is 2.44. The molecule has 0 saturated heterocycles. The molecular formula is C21H19N3OS2. The van der Waals surface area contributed by atoms with Crippen LogP contribution in [0.5, 0.6) is 5.75 Å². The van der Waals surface area contributed by atoms with Crippen LogP contribution in [0.15, 0.2) is 35.6 Å². The largest absolute Gasteiger partial charge is 0.497 e. The Morgan fingerprint density at radius 2 is 1.89 bits per heavy atom. The summed E-state index contributed by atoms with van der Waals surface area (Å²) >= 11 is 3.39. The van der Waals surface area contributed by atoms with Crippen molar-refractivity contribution in [2.45, 2.75) is 30.7 Å². The Kier molecular flexibility index (Phi) is 4.25. The number of nitrogens with zero attached hydrogens (tertiary/aromatic N) is 3. The predicted molar refractivity (Wildman–Crippen MR) is 113 cm³/mol. The predicted octanol–water partition coefficient (Wildman–Crippen LogP) is 5.52. The van der Waals surface area contributed by atoms with Gasteiger partial charge in [0.25, 0.3) is 0 Å². The fourth-order valence-electron chi connectivity index (χ4n) is 3.96. The first-order chi connectivity index (χ1) is 13.3. The van der Waals surface area contributed by atoms with Crippen molar-refractivity contribution in [1.29, 1.82) is 0 Å². The number of thioether (sulfide) groups is 1. The maximum absolute atomic E-state index is 5.36. The van der Waals surface area contributed by atoms with Gasteiger partial charge in [-0.25, -0.2) is 15.0 Å². The van der Waals surface area contributed by atoms with E-state index in [0.29, 0.717) is 0 Å². The van der Waals surface area contributed by atoms with Crippen molar-refractivity contribution in [3.05, 3.63) is 41.9 Å². The van der Waals surface area contributed by atoms with Gasteiger partial charge in [0.15, 0.2) is 0 Å². The van der Waals surface area contributed by atoms with Gasteiger partial charge in [-0.2, -0.15) is 0 Å². The number of methoxy groups -OCH3 is 1. The molecule has 0 spiro atoms. The second kappa shape index (κ2) is 6.77. The molecule has 136 valence electrons. The van der Waals surface area contributed by atoms with Crippen molar-refractivity contribution in [3.8, 4) is 16.9 Å². The maximum Gasteiger partial charge on any atom is 0.127 e. The Bertz CT molecular complexity index is 1150. The van der Waals surface area contributed by atoms with Crippen LogP contribution in [-0.2, 0) is 12.8 Å². The zero-order valence-corrected chi connectivity index (χ0v) is 16.9. The van der Waals surface area contributed by atoms with E-state index in [9.17, 15) is 0 Å². The molecule has 1 aromatic carbocycles. The number of fused-ring (bicyclic) bond motifs is 4. The van der Waals surface area contributed by atoms with Crippen LogP contribution in [0.4, 0.5) is 0 Å². The van der Waals surface area contributed by atoms with Crippen LogP contribution < -0.4 is 4.74 Å². The molecule has 27 heavy (non-hydrogen) atoms. The highest BCUT2D eigenvalue weighted by Gasteiger charge is 2.23. The number of rotatable bonds is 3. The van der Waals surface area contributed by atoms with E-state index in [-0.39, 0.29) is 0 Å². The van der Waals surface area contributed by atoms with Gasteiger partial charge in [0.05, 0.1) is 17.3 Å². The molecule has 3 heterocycles. The molecule has 0 bridgehead atoms.